The summed E-state index contributed by atoms with van der Waals surface area (Å²) >= 11 is 1.44. The average Bonchev–Trinajstić information content (AvgIpc) is 3.37. The van der Waals surface area contributed by atoms with Gasteiger partial charge in [-0.1, -0.05) is 6.07 Å². The monoisotopic (exact) mass is 453 g/mol. The molecule has 5 rings (SSSR count). The predicted molar refractivity (Wildman–Crippen MR) is 119 cm³/mol. The van der Waals surface area contributed by atoms with Crippen molar-refractivity contribution in [3.05, 3.63) is 76.6 Å². The third kappa shape index (κ3) is 3.17. The van der Waals surface area contributed by atoms with Gasteiger partial charge < -0.3 is 21.4 Å². The first-order valence-corrected chi connectivity index (χ1v) is 10.6. The van der Waals surface area contributed by atoms with E-state index in [2.05, 4.69) is 20.6 Å². The summed E-state index contributed by atoms with van der Waals surface area (Å²) in [7, 11) is 0. The summed E-state index contributed by atoms with van der Waals surface area (Å²) in [6, 6.07) is 4.00. The van der Waals surface area contributed by atoms with Crippen LogP contribution in [-0.2, 0) is 19.4 Å². The summed E-state index contributed by atoms with van der Waals surface area (Å²) in [5.41, 5.74) is 4.57. The van der Waals surface area contributed by atoms with Gasteiger partial charge in [-0.05, 0) is 42.5 Å². The molecule has 2 aromatic heterocycles. The number of nitrogens with zero attached hydrogens (tertiary/aromatic N) is 1. The molecule has 1 amide bonds. The molecule has 32 heavy (non-hydrogen) atoms. The normalized spacial score (nSPS) is 12.9. The van der Waals surface area contributed by atoms with Gasteiger partial charge in [0.1, 0.15) is 22.0 Å². The number of amides is 1. The summed E-state index contributed by atoms with van der Waals surface area (Å²) in [6.07, 6.45) is 2.77. The fraction of sp³-hybridized carbons (Fsp3) is 0.190. The quantitative estimate of drug-likeness (QED) is 0.335. The van der Waals surface area contributed by atoms with Crippen LogP contribution in [0.15, 0.2) is 32.6 Å². The van der Waals surface area contributed by atoms with Gasteiger partial charge in [-0.3, -0.25) is 19.2 Å². The molecular formula is C21H16FN5O4S. The third-order valence-electron chi connectivity index (χ3n) is 5.48. The Morgan fingerprint density at radius 3 is 2.81 bits per heavy atom. The Morgan fingerprint density at radius 2 is 2.03 bits per heavy atom. The van der Waals surface area contributed by atoms with Crippen LogP contribution in [0.5, 0.6) is 0 Å². The largest absolute Gasteiger partial charge is 0.394 e. The second-order valence-electron chi connectivity index (χ2n) is 7.52. The predicted octanol–water partition coefficient (Wildman–Crippen LogP) is 1.46. The van der Waals surface area contributed by atoms with Gasteiger partial charge in [-0.25, -0.2) is 9.37 Å². The number of aromatic amines is 1. The summed E-state index contributed by atoms with van der Waals surface area (Å²) < 4.78 is 14.1. The smallest absolute Gasteiger partial charge is 0.287 e. The summed E-state index contributed by atoms with van der Waals surface area (Å²) in [5, 5.41) is 5.72. The van der Waals surface area contributed by atoms with Crippen LogP contribution in [0, 0.1) is 5.82 Å². The number of rotatable bonds is 5. The zero-order valence-corrected chi connectivity index (χ0v) is 17.3. The van der Waals surface area contributed by atoms with Crippen molar-refractivity contribution in [2.45, 2.75) is 25.8 Å². The van der Waals surface area contributed by atoms with Crippen LogP contribution in [0.25, 0.3) is 10.2 Å². The summed E-state index contributed by atoms with van der Waals surface area (Å²) in [4.78, 5) is 56.4. The number of thiophene rings is 1. The van der Waals surface area contributed by atoms with Gasteiger partial charge in [0, 0.05) is 11.4 Å². The highest BCUT2D eigenvalue weighted by atomic mass is 32.1. The van der Waals surface area contributed by atoms with Crippen molar-refractivity contribution in [1.82, 2.24) is 15.3 Å². The first kappa shape index (κ1) is 20.1. The fourth-order valence-electron chi connectivity index (χ4n) is 3.82. The average molecular weight is 453 g/mol. The van der Waals surface area contributed by atoms with E-state index in [1.54, 1.807) is 0 Å². The maximum absolute atomic E-state index is 14.1. The zero-order valence-electron chi connectivity index (χ0n) is 16.5. The van der Waals surface area contributed by atoms with E-state index >= 15 is 0 Å². The molecule has 0 saturated heterocycles. The van der Waals surface area contributed by atoms with E-state index in [1.807, 2.05) is 0 Å². The van der Waals surface area contributed by atoms with E-state index in [0.29, 0.717) is 15.8 Å². The Labute approximate surface area is 182 Å². The van der Waals surface area contributed by atoms with Gasteiger partial charge in [0.25, 0.3) is 22.3 Å². The zero-order chi connectivity index (χ0) is 22.6. The van der Waals surface area contributed by atoms with Crippen LogP contribution in [0.2, 0.25) is 0 Å². The first-order chi connectivity index (χ1) is 15.3. The first-order valence-electron chi connectivity index (χ1n) is 9.80. The van der Waals surface area contributed by atoms with E-state index in [9.17, 15) is 23.6 Å². The number of carbonyl (C=O) groups excluding carboxylic acids is 1. The summed E-state index contributed by atoms with van der Waals surface area (Å²) in [6.45, 7) is 0.0118. The van der Waals surface area contributed by atoms with Crippen molar-refractivity contribution in [2.75, 3.05) is 11.1 Å². The number of nitrogens with one attached hydrogen (secondary N) is 3. The van der Waals surface area contributed by atoms with Crippen molar-refractivity contribution in [1.29, 1.82) is 0 Å². The Hall–Kier alpha value is -3.86. The maximum Gasteiger partial charge on any atom is 0.287 e. The molecular weight excluding hydrogens is 437 g/mol. The number of carbonyl (C=O) groups is 1. The molecule has 5 N–H and O–H groups in total. The molecule has 1 aliphatic carbocycles. The fourth-order valence-corrected chi connectivity index (χ4v) is 5.08. The number of hydrogen-bond donors (Lipinski definition) is 4. The number of aromatic nitrogens is 2. The van der Waals surface area contributed by atoms with Crippen molar-refractivity contribution in [3.63, 3.8) is 0 Å². The number of H-pyrrole nitrogens is 1. The third-order valence-corrected chi connectivity index (χ3v) is 6.67. The van der Waals surface area contributed by atoms with Crippen LogP contribution in [0.1, 0.15) is 33.0 Å². The molecule has 0 spiro atoms. The Bertz CT molecular complexity index is 1550. The molecule has 4 aromatic rings. The Balaban J connectivity index is 1.34. The molecule has 0 fully saturated rings. The van der Waals surface area contributed by atoms with E-state index in [1.165, 1.54) is 23.5 Å². The molecule has 0 aliphatic heterocycles. The van der Waals surface area contributed by atoms with Crippen molar-refractivity contribution >= 4 is 44.5 Å². The van der Waals surface area contributed by atoms with Gasteiger partial charge in [0.05, 0.1) is 11.1 Å². The molecule has 0 saturated carbocycles. The number of hydrogen-bond acceptors (Lipinski definition) is 8. The van der Waals surface area contributed by atoms with Crippen LogP contribution in [-0.4, -0.2) is 15.9 Å². The highest BCUT2D eigenvalue weighted by Gasteiger charge is 2.23. The number of fused-ring (bicyclic) bond motifs is 3. The molecule has 162 valence electrons. The van der Waals surface area contributed by atoms with Gasteiger partial charge in [0.2, 0.25) is 5.82 Å². The Kier molecular flexibility index (Phi) is 4.63. The maximum atomic E-state index is 14.1. The molecule has 9 nitrogen and oxygen atoms in total. The van der Waals surface area contributed by atoms with E-state index < -0.39 is 22.6 Å². The lowest BCUT2D eigenvalue weighted by Gasteiger charge is -2.12. The number of aryl methyl sites for hydroxylation is 2. The van der Waals surface area contributed by atoms with E-state index in [0.717, 1.165) is 35.8 Å². The second-order valence-corrected chi connectivity index (χ2v) is 8.60. The Morgan fingerprint density at radius 1 is 1.22 bits per heavy atom. The van der Waals surface area contributed by atoms with E-state index in [4.69, 9.17) is 5.73 Å². The molecule has 2 heterocycles. The number of halogens is 1. The lowest BCUT2D eigenvalue weighted by Crippen LogP contribution is -2.36. The minimum absolute atomic E-state index is 0.0118. The van der Waals surface area contributed by atoms with Crippen LogP contribution in [0.3, 0.4) is 0 Å². The molecule has 0 bridgehead atoms. The summed E-state index contributed by atoms with van der Waals surface area (Å²) in [5.74, 6) is -1.34. The molecule has 1 aliphatic rings. The molecule has 2 aromatic carbocycles. The number of nitrogens with two attached hydrogens (primary N) is 1. The number of benzene rings is 1. The lowest BCUT2D eigenvalue weighted by molar-refractivity contribution is 0.0940. The van der Waals surface area contributed by atoms with Crippen molar-refractivity contribution < 1.29 is 9.18 Å². The topological polar surface area (TPSA) is 147 Å². The number of nitrogen functional groups attached to an aromatic ring is 1. The van der Waals surface area contributed by atoms with Crippen molar-refractivity contribution in [2.24, 2.45) is 0 Å². The van der Waals surface area contributed by atoms with Crippen molar-refractivity contribution in [3.8, 4) is 0 Å². The standard InChI is InChI=1S/C21H16FN5O4S/c22-10-5-4-8(6-11(10)25-15-14(23)16(28)17(15)29)7-24-20(31)18-26-19(30)13-9-2-1-3-12(9)32-21(13)27-18/h4-6,25H,1-3,7,23H2,(H,24,31)(H,26,27,30). The number of anilines is 3. The van der Waals surface area contributed by atoms with Gasteiger partial charge in [-0.15, -0.1) is 11.3 Å². The molecule has 0 radical (unpaired) electrons. The highest BCUT2D eigenvalue weighted by Crippen LogP contribution is 2.34. The lowest BCUT2D eigenvalue weighted by atomic mass is 10.1. The van der Waals surface area contributed by atoms with Gasteiger partial charge >= 0.3 is 0 Å². The molecule has 0 atom stereocenters. The van der Waals surface area contributed by atoms with E-state index in [-0.39, 0.29) is 35.0 Å². The van der Waals surface area contributed by atoms with Crippen LogP contribution in [0.4, 0.5) is 21.5 Å². The highest BCUT2D eigenvalue weighted by molar-refractivity contribution is 7.18. The molecule has 0 unspecified atom stereocenters. The van der Waals surface area contributed by atoms with Crippen LogP contribution < -0.4 is 32.8 Å². The van der Waals surface area contributed by atoms with Crippen LogP contribution >= 0.6 is 11.3 Å². The SMILES string of the molecule is Nc1c(Nc2cc(CNC(=O)c3nc4sc5c(c4c(=O)[nH]3)CCC5)ccc2F)c(=O)c1=O. The minimum atomic E-state index is -0.814. The molecule has 11 heteroatoms. The minimum Gasteiger partial charge on any atom is -0.394 e. The van der Waals surface area contributed by atoms with Gasteiger partial charge in [-0.2, -0.15) is 0 Å². The second kappa shape index (κ2) is 7.38. The van der Waals surface area contributed by atoms with Gasteiger partial charge in [0.15, 0.2) is 0 Å².